The molecule has 144 valence electrons. The van der Waals surface area contributed by atoms with Crippen LogP contribution in [0.1, 0.15) is 34.6 Å². The molecule has 0 saturated carbocycles. The number of H-pyrrole nitrogens is 1. The summed E-state index contributed by atoms with van der Waals surface area (Å²) in [6.45, 7) is 3.80. The quantitative estimate of drug-likeness (QED) is 0.713. The van der Waals surface area contributed by atoms with Crippen LogP contribution in [0.15, 0.2) is 54.7 Å². The second-order valence-electron chi connectivity index (χ2n) is 7.17. The Morgan fingerprint density at radius 3 is 2.82 bits per heavy atom. The minimum Gasteiger partial charge on any atom is -0.376 e. The Morgan fingerprint density at radius 2 is 2.11 bits per heavy atom. The van der Waals surface area contributed by atoms with E-state index in [4.69, 9.17) is 4.74 Å². The van der Waals surface area contributed by atoms with Crippen molar-refractivity contribution in [2.75, 3.05) is 13.2 Å². The van der Waals surface area contributed by atoms with Crippen LogP contribution in [0.5, 0.6) is 0 Å². The van der Waals surface area contributed by atoms with E-state index in [0.717, 1.165) is 36.4 Å². The monoisotopic (exact) mass is 376 g/mol. The predicted molar refractivity (Wildman–Crippen MR) is 107 cm³/mol. The van der Waals surface area contributed by atoms with Crippen LogP contribution in [0, 0.1) is 6.92 Å². The molecule has 3 heterocycles. The van der Waals surface area contributed by atoms with Gasteiger partial charge in [0.05, 0.1) is 24.0 Å². The first-order chi connectivity index (χ1) is 13.7. The first-order valence-corrected chi connectivity index (χ1v) is 9.62. The highest BCUT2D eigenvalue weighted by Crippen LogP contribution is 2.20. The van der Waals surface area contributed by atoms with E-state index in [1.165, 1.54) is 5.56 Å². The van der Waals surface area contributed by atoms with Gasteiger partial charge in [-0.1, -0.05) is 35.9 Å². The van der Waals surface area contributed by atoms with Gasteiger partial charge in [0.25, 0.3) is 5.91 Å². The fourth-order valence-corrected chi connectivity index (χ4v) is 3.41. The van der Waals surface area contributed by atoms with Gasteiger partial charge in [-0.25, -0.2) is 0 Å². The van der Waals surface area contributed by atoms with Crippen molar-refractivity contribution in [1.82, 2.24) is 20.1 Å². The molecule has 6 nitrogen and oxygen atoms in total. The molecule has 0 spiro atoms. The fourth-order valence-electron chi connectivity index (χ4n) is 3.41. The number of hydrogen-bond donors (Lipinski definition) is 1. The molecule has 2 aromatic heterocycles. The number of aromatic amines is 1. The van der Waals surface area contributed by atoms with Gasteiger partial charge in [-0.3, -0.25) is 14.9 Å². The number of carbonyl (C=O) groups excluding carboxylic acids is 1. The van der Waals surface area contributed by atoms with Crippen LogP contribution < -0.4 is 0 Å². The minimum absolute atomic E-state index is 0.0761. The summed E-state index contributed by atoms with van der Waals surface area (Å²) in [5.41, 5.74) is 4.26. The van der Waals surface area contributed by atoms with Crippen molar-refractivity contribution in [3.63, 3.8) is 0 Å². The molecule has 0 aliphatic carbocycles. The number of ether oxygens (including phenoxy) is 1. The van der Waals surface area contributed by atoms with Crippen molar-refractivity contribution in [3.05, 3.63) is 71.7 Å². The SMILES string of the molecule is Cc1ccc(-c2cc(C(=O)N(Cc3ccccn3)C[C@H]3CCCO3)[nH]n2)cc1. The number of benzene rings is 1. The molecule has 3 aromatic rings. The Morgan fingerprint density at radius 1 is 1.25 bits per heavy atom. The summed E-state index contributed by atoms with van der Waals surface area (Å²) in [5.74, 6) is -0.0907. The summed E-state index contributed by atoms with van der Waals surface area (Å²) in [4.78, 5) is 19.4. The van der Waals surface area contributed by atoms with E-state index in [1.807, 2.05) is 55.5 Å². The second kappa shape index (κ2) is 8.35. The molecular weight excluding hydrogens is 352 g/mol. The van der Waals surface area contributed by atoms with Gasteiger partial charge < -0.3 is 9.64 Å². The maximum absolute atomic E-state index is 13.2. The molecular formula is C22H24N4O2. The zero-order valence-corrected chi connectivity index (χ0v) is 16.0. The highest BCUT2D eigenvalue weighted by molar-refractivity contribution is 5.93. The third-order valence-electron chi connectivity index (χ3n) is 4.97. The molecule has 1 N–H and O–H groups in total. The number of nitrogens with zero attached hydrogens (tertiary/aromatic N) is 3. The van der Waals surface area contributed by atoms with Crippen molar-refractivity contribution >= 4 is 5.91 Å². The van der Waals surface area contributed by atoms with Crippen LogP contribution in [-0.2, 0) is 11.3 Å². The van der Waals surface area contributed by atoms with Gasteiger partial charge in [0.15, 0.2) is 0 Å². The van der Waals surface area contributed by atoms with Crippen LogP contribution in [0.3, 0.4) is 0 Å². The van der Waals surface area contributed by atoms with E-state index in [2.05, 4.69) is 15.2 Å². The van der Waals surface area contributed by atoms with E-state index in [0.29, 0.717) is 18.8 Å². The number of rotatable bonds is 6. The Labute approximate surface area is 164 Å². The standard InChI is InChI=1S/C22H24N4O2/c1-16-7-9-17(10-8-16)20-13-21(25-24-20)22(27)26(15-19-6-4-12-28-19)14-18-5-2-3-11-23-18/h2-3,5,7-11,13,19H,4,6,12,14-15H2,1H3,(H,24,25)/t19-/m1/s1. The number of hydrogen-bond acceptors (Lipinski definition) is 4. The van der Waals surface area contributed by atoms with Crippen molar-refractivity contribution < 1.29 is 9.53 Å². The smallest absolute Gasteiger partial charge is 0.272 e. The highest BCUT2D eigenvalue weighted by Gasteiger charge is 2.25. The van der Waals surface area contributed by atoms with Crippen molar-refractivity contribution in [1.29, 1.82) is 0 Å². The minimum atomic E-state index is -0.0907. The molecule has 28 heavy (non-hydrogen) atoms. The van der Waals surface area contributed by atoms with Gasteiger partial charge >= 0.3 is 0 Å². The maximum atomic E-state index is 13.2. The Hall–Kier alpha value is -2.99. The lowest BCUT2D eigenvalue weighted by molar-refractivity contribution is 0.0500. The van der Waals surface area contributed by atoms with Crippen molar-refractivity contribution in [2.45, 2.75) is 32.4 Å². The number of amides is 1. The average molecular weight is 376 g/mol. The van der Waals surface area contributed by atoms with Crippen LogP contribution in [0.4, 0.5) is 0 Å². The van der Waals surface area contributed by atoms with Gasteiger partial charge in [-0.05, 0) is 38.0 Å². The summed E-state index contributed by atoms with van der Waals surface area (Å²) in [6, 6.07) is 15.7. The third-order valence-corrected chi connectivity index (χ3v) is 4.97. The van der Waals surface area contributed by atoms with Gasteiger partial charge in [0.1, 0.15) is 5.69 Å². The van der Waals surface area contributed by atoms with Crippen molar-refractivity contribution in [3.8, 4) is 11.3 Å². The van der Waals surface area contributed by atoms with E-state index in [1.54, 1.807) is 11.1 Å². The molecule has 1 atom stereocenters. The second-order valence-corrected chi connectivity index (χ2v) is 7.17. The normalized spacial score (nSPS) is 16.2. The molecule has 1 amide bonds. The zero-order valence-electron chi connectivity index (χ0n) is 16.0. The third kappa shape index (κ3) is 4.28. The van der Waals surface area contributed by atoms with Gasteiger partial charge in [0, 0.05) is 24.9 Å². The fraction of sp³-hybridized carbons (Fsp3) is 0.318. The van der Waals surface area contributed by atoms with E-state index >= 15 is 0 Å². The summed E-state index contributed by atoms with van der Waals surface area (Å²) >= 11 is 0. The Balaban J connectivity index is 1.54. The summed E-state index contributed by atoms with van der Waals surface area (Å²) in [6.07, 6.45) is 3.84. The lowest BCUT2D eigenvalue weighted by Gasteiger charge is -2.24. The number of aromatic nitrogens is 3. The Kier molecular flexibility index (Phi) is 5.48. The summed E-state index contributed by atoms with van der Waals surface area (Å²) in [5, 5.41) is 7.25. The van der Waals surface area contributed by atoms with Gasteiger partial charge in [0.2, 0.25) is 0 Å². The molecule has 4 rings (SSSR count). The first kappa shape index (κ1) is 18.4. The van der Waals surface area contributed by atoms with Gasteiger partial charge in [-0.2, -0.15) is 5.10 Å². The van der Waals surface area contributed by atoms with E-state index in [-0.39, 0.29) is 12.0 Å². The molecule has 1 saturated heterocycles. The molecule has 1 aromatic carbocycles. The van der Waals surface area contributed by atoms with E-state index < -0.39 is 0 Å². The molecule has 1 fully saturated rings. The van der Waals surface area contributed by atoms with Crippen LogP contribution in [-0.4, -0.2) is 45.2 Å². The number of carbonyl (C=O) groups is 1. The highest BCUT2D eigenvalue weighted by atomic mass is 16.5. The summed E-state index contributed by atoms with van der Waals surface area (Å²) < 4.78 is 5.75. The van der Waals surface area contributed by atoms with E-state index in [9.17, 15) is 4.79 Å². The van der Waals surface area contributed by atoms with Crippen molar-refractivity contribution in [2.24, 2.45) is 0 Å². The molecule has 1 aliphatic heterocycles. The van der Waals surface area contributed by atoms with Gasteiger partial charge in [-0.15, -0.1) is 0 Å². The largest absolute Gasteiger partial charge is 0.376 e. The zero-order chi connectivity index (χ0) is 19.3. The van der Waals surface area contributed by atoms with Crippen LogP contribution in [0.25, 0.3) is 11.3 Å². The predicted octanol–water partition coefficient (Wildman–Crippen LogP) is 3.60. The Bertz CT molecular complexity index is 915. The molecule has 0 bridgehead atoms. The number of pyridine rings is 1. The maximum Gasteiger partial charge on any atom is 0.272 e. The molecule has 6 heteroatoms. The topological polar surface area (TPSA) is 71.1 Å². The lowest BCUT2D eigenvalue weighted by atomic mass is 10.1. The summed E-state index contributed by atoms with van der Waals surface area (Å²) in [7, 11) is 0. The molecule has 1 aliphatic rings. The first-order valence-electron chi connectivity index (χ1n) is 9.62. The number of nitrogens with one attached hydrogen (secondary N) is 1. The average Bonchev–Trinajstić information content (AvgIpc) is 3.40. The van der Waals surface area contributed by atoms with Crippen LogP contribution in [0.2, 0.25) is 0 Å². The molecule has 0 unspecified atom stereocenters. The number of aryl methyl sites for hydroxylation is 1. The van der Waals surface area contributed by atoms with Crippen LogP contribution >= 0.6 is 0 Å². The lowest BCUT2D eigenvalue weighted by Crippen LogP contribution is -2.37. The molecule has 0 radical (unpaired) electrons.